The Balaban J connectivity index is 1.77. The second-order valence-corrected chi connectivity index (χ2v) is 6.30. The van der Waals surface area contributed by atoms with Gasteiger partial charge < -0.3 is 20.7 Å². The lowest BCUT2D eigenvalue weighted by molar-refractivity contribution is -0.143. The van der Waals surface area contributed by atoms with Crippen molar-refractivity contribution in [3.05, 3.63) is 48.0 Å². The van der Waals surface area contributed by atoms with Crippen molar-refractivity contribution in [2.45, 2.75) is 26.4 Å². The molecule has 0 radical (unpaired) electrons. The normalized spacial score (nSPS) is 18.2. The summed E-state index contributed by atoms with van der Waals surface area (Å²) in [7, 11) is 0. The molecule has 0 saturated heterocycles. The molecule has 7 nitrogen and oxygen atoms in total. The maximum absolute atomic E-state index is 12.7. The zero-order chi connectivity index (χ0) is 18.9. The van der Waals surface area contributed by atoms with Crippen LogP contribution >= 0.6 is 0 Å². The molecule has 1 heterocycles. The second-order valence-electron chi connectivity index (χ2n) is 6.30. The molecule has 0 aromatic heterocycles. The van der Waals surface area contributed by atoms with E-state index in [9.17, 15) is 14.4 Å². The lowest BCUT2D eigenvalue weighted by Gasteiger charge is -2.33. The maximum atomic E-state index is 12.7. The minimum Gasteiger partial charge on any atom is -0.466 e. The summed E-state index contributed by atoms with van der Waals surface area (Å²) in [6, 6.07) is 11.9. The van der Waals surface area contributed by atoms with Crippen LogP contribution < -0.4 is 20.7 Å². The topological polar surface area (TPSA) is 96.5 Å². The number of rotatable bonds is 3. The summed E-state index contributed by atoms with van der Waals surface area (Å²) >= 11 is 0. The van der Waals surface area contributed by atoms with E-state index in [1.165, 1.54) is 13.8 Å². The minimum absolute atomic E-state index is 0.185. The number of anilines is 3. The molecule has 7 heteroatoms. The van der Waals surface area contributed by atoms with Gasteiger partial charge in [-0.3, -0.25) is 14.4 Å². The Kier molecular flexibility index (Phi) is 4.38. The minimum atomic E-state index is -1.70. The Hall–Kier alpha value is -3.35. The number of carbonyl (C=O) groups excluding carboxylic acids is 3. The molecule has 0 spiro atoms. The Morgan fingerprint density at radius 1 is 1.04 bits per heavy atom. The predicted octanol–water partition coefficient (Wildman–Crippen LogP) is 2.68. The zero-order valence-electron chi connectivity index (χ0n) is 14.7. The van der Waals surface area contributed by atoms with Crippen molar-refractivity contribution >= 4 is 34.8 Å². The van der Waals surface area contributed by atoms with Crippen molar-refractivity contribution in [3.63, 3.8) is 0 Å². The lowest BCUT2D eigenvalue weighted by Crippen LogP contribution is -2.56. The molecular weight excluding hydrogens is 334 g/mol. The van der Waals surface area contributed by atoms with E-state index in [2.05, 4.69) is 16.0 Å². The van der Waals surface area contributed by atoms with Crippen LogP contribution in [0.1, 0.15) is 19.4 Å². The van der Waals surface area contributed by atoms with E-state index in [1.54, 1.807) is 36.4 Å². The SMILES string of the molecule is CC(=O)Nc1ccc(NC(=O)C2(C)Oc3ccc(C)cc3NC2=O)cc1. The van der Waals surface area contributed by atoms with Gasteiger partial charge in [-0.15, -0.1) is 0 Å². The number of carbonyl (C=O) groups is 3. The predicted molar refractivity (Wildman–Crippen MR) is 98.2 cm³/mol. The van der Waals surface area contributed by atoms with Crippen LogP contribution in [0.4, 0.5) is 17.1 Å². The van der Waals surface area contributed by atoms with Crippen LogP contribution in [0.3, 0.4) is 0 Å². The van der Waals surface area contributed by atoms with Gasteiger partial charge in [0.05, 0.1) is 5.69 Å². The first-order valence-electron chi connectivity index (χ1n) is 8.08. The molecule has 1 aliphatic heterocycles. The fraction of sp³-hybridized carbons (Fsp3) is 0.211. The van der Waals surface area contributed by atoms with Crippen molar-refractivity contribution in [1.82, 2.24) is 0 Å². The lowest BCUT2D eigenvalue weighted by atomic mass is 10.0. The van der Waals surface area contributed by atoms with E-state index in [0.29, 0.717) is 22.8 Å². The van der Waals surface area contributed by atoms with E-state index in [4.69, 9.17) is 4.74 Å². The van der Waals surface area contributed by atoms with Crippen molar-refractivity contribution in [3.8, 4) is 5.75 Å². The average Bonchev–Trinajstić information content (AvgIpc) is 2.57. The van der Waals surface area contributed by atoms with E-state index in [1.807, 2.05) is 13.0 Å². The highest BCUT2D eigenvalue weighted by molar-refractivity contribution is 6.19. The Bertz CT molecular complexity index is 892. The van der Waals surface area contributed by atoms with E-state index in [-0.39, 0.29) is 5.91 Å². The molecule has 0 bridgehead atoms. The number of nitrogens with one attached hydrogen (secondary N) is 3. The van der Waals surface area contributed by atoms with Crippen LogP contribution in [0.25, 0.3) is 0 Å². The number of hydrogen-bond donors (Lipinski definition) is 3. The Labute approximate surface area is 150 Å². The molecular formula is C19H19N3O4. The molecule has 3 rings (SSSR count). The maximum Gasteiger partial charge on any atom is 0.278 e. The molecule has 0 fully saturated rings. The van der Waals surface area contributed by atoms with Gasteiger partial charge in [-0.25, -0.2) is 0 Å². The Morgan fingerprint density at radius 3 is 2.27 bits per heavy atom. The standard InChI is InChI=1S/C19H19N3O4/c1-11-4-9-16-15(10-11)22-18(25)19(3,26-16)17(24)21-14-7-5-13(6-8-14)20-12(2)23/h4-10H,1-3H3,(H,20,23)(H,21,24)(H,22,25). The number of amides is 3. The van der Waals surface area contributed by atoms with E-state index in [0.717, 1.165) is 5.56 Å². The summed E-state index contributed by atoms with van der Waals surface area (Å²) in [4.78, 5) is 36.2. The summed E-state index contributed by atoms with van der Waals surface area (Å²) in [5.41, 5.74) is 0.910. The van der Waals surface area contributed by atoms with Gasteiger partial charge in [0.1, 0.15) is 5.75 Å². The Morgan fingerprint density at radius 2 is 1.65 bits per heavy atom. The van der Waals surface area contributed by atoms with E-state index < -0.39 is 17.4 Å². The van der Waals surface area contributed by atoms with E-state index >= 15 is 0 Å². The van der Waals surface area contributed by atoms with Crippen LogP contribution in [0.2, 0.25) is 0 Å². The van der Waals surface area contributed by atoms with Crippen LogP contribution in [-0.4, -0.2) is 23.3 Å². The van der Waals surface area contributed by atoms with Gasteiger partial charge in [0.25, 0.3) is 17.4 Å². The van der Waals surface area contributed by atoms with Crippen molar-refractivity contribution in [2.24, 2.45) is 0 Å². The van der Waals surface area contributed by atoms with Gasteiger partial charge in [-0.05, 0) is 55.8 Å². The highest BCUT2D eigenvalue weighted by Gasteiger charge is 2.47. The molecule has 0 aliphatic carbocycles. The first-order chi connectivity index (χ1) is 12.3. The number of aryl methyl sites for hydroxylation is 1. The van der Waals surface area contributed by atoms with Gasteiger partial charge in [-0.2, -0.15) is 0 Å². The molecule has 26 heavy (non-hydrogen) atoms. The highest BCUT2D eigenvalue weighted by Crippen LogP contribution is 2.34. The van der Waals surface area contributed by atoms with Crippen LogP contribution in [0.5, 0.6) is 5.75 Å². The third-order valence-electron chi connectivity index (χ3n) is 4.03. The molecule has 2 aromatic rings. The van der Waals surface area contributed by atoms with Gasteiger partial charge in [0, 0.05) is 18.3 Å². The number of ether oxygens (including phenoxy) is 1. The first kappa shape index (κ1) is 17.5. The van der Waals surface area contributed by atoms with Crippen molar-refractivity contribution < 1.29 is 19.1 Å². The summed E-state index contributed by atoms with van der Waals surface area (Å²) in [6.45, 7) is 4.73. The van der Waals surface area contributed by atoms with Crippen molar-refractivity contribution in [1.29, 1.82) is 0 Å². The van der Waals surface area contributed by atoms with Gasteiger partial charge in [0.15, 0.2) is 0 Å². The summed E-state index contributed by atoms with van der Waals surface area (Å²) in [5, 5.41) is 8.02. The third kappa shape index (κ3) is 3.37. The molecule has 1 aliphatic rings. The monoisotopic (exact) mass is 353 g/mol. The molecule has 1 atom stereocenters. The molecule has 3 amide bonds. The average molecular weight is 353 g/mol. The number of benzene rings is 2. The molecule has 1 unspecified atom stereocenters. The molecule has 2 aromatic carbocycles. The fourth-order valence-electron chi connectivity index (χ4n) is 2.58. The highest BCUT2D eigenvalue weighted by atomic mass is 16.5. The second kappa shape index (κ2) is 6.51. The van der Waals surface area contributed by atoms with Crippen LogP contribution in [0.15, 0.2) is 42.5 Å². The summed E-state index contributed by atoms with van der Waals surface area (Å²) in [5.74, 6) is -0.874. The molecule has 134 valence electrons. The smallest absolute Gasteiger partial charge is 0.278 e. The zero-order valence-corrected chi connectivity index (χ0v) is 14.7. The number of hydrogen-bond acceptors (Lipinski definition) is 4. The first-order valence-corrected chi connectivity index (χ1v) is 8.08. The van der Waals surface area contributed by atoms with Gasteiger partial charge in [-0.1, -0.05) is 6.07 Å². The fourth-order valence-corrected chi connectivity index (χ4v) is 2.58. The summed E-state index contributed by atoms with van der Waals surface area (Å²) < 4.78 is 5.72. The van der Waals surface area contributed by atoms with Crippen molar-refractivity contribution in [2.75, 3.05) is 16.0 Å². The van der Waals surface area contributed by atoms with Crippen LogP contribution in [0, 0.1) is 6.92 Å². The van der Waals surface area contributed by atoms with Gasteiger partial charge >= 0.3 is 0 Å². The molecule has 3 N–H and O–H groups in total. The van der Waals surface area contributed by atoms with Gasteiger partial charge in [0.2, 0.25) is 5.91 Å². The van der Waals surface area contributed by atoms with Crippen LogP contribution in [-0.2, 0) is 14.4 Å². The largest absolute Gasteiger partial charge is 0.466 e. The quantitative estimate of drug-likeness (QED) is 0.739. The number of fused-ring (bicyclic) bond motifs is 1. The third-order valence-corrected chi connectivity index (χ3v) is 4.03. The summed E-state index contributed by atoms with van der Waals surface area (Å²) in [6.07, 6.45) is 0. The molecule has 0 saturated carbocycles.